The van der Waals surface area contributed by atoms with Crippen LogP contribution in [0.15, 0.2) is 5.29 Å². The van der Waals surface area contributed by atoms with E-state index in [0.29, 0.717) is 0 Å². The van der Waals surface area contributed by atoms with Gasteiger partial charge in [-0.1, -0.05) is 13.8 Å². The van der Waals surface area contributed by atoms with Crippen molar-refractivity contribution >= 4 is 12.4 Å². The first-order valence-electron chi connectivity index (χ1n) is 3.28. The topological polar surface area (TPSA) is 116 Å². The minimum Gasteiger partial charge on any atom is -0.464 e. The summed E-state index contributed by atoms with van der Waals surface area (Å²) in [5.41, 5.74) is 0.653. The molecule has 76 valence electrons. The van der Waals surface area contributed by atoms with E-state index in [9.17, 15) is 9.59 Å². The highest BCUT2D eigenvalue weighted by Gasteiger charge is 2.12. The zero-order chi connectivity index (χ0) is 10.9. The molecule has 0 fully saturated rings. The van der Waals surface area contributed by atoms with Crippen molar-refractivity contribution in [2.45, 2.75) is 13.8 Å². The Hall–Kier alpha value is -1.50. The van der Waals surface area contributed by atoms with E-state index < -0.39 is 11.5 Å². The lowest BCUT2D eigenvalue weighted by Gasteiger charge is -2.09. The molecule has 13 heavy (non-hydrogen) atoms. The lowest BCUT2D eigenvalue weighted by molar-refractivity contribution is -0.116. The van der Waals surface area contributed by atoms with Crippen LogP contribution in [-0.2, 0) is 4.79 Å². The SMILES string of the molecule is CC(C)(C=O)CO.O=NNC(=O)O. The maximum atomic E-state index is 9.90. The summed E-state index contributed by atoms with van der Waals surface area (Å²) >= 11 is 0. The van der Waals surface area contributed by atoms with Crippen LogP contribution in [0, 0.1) is 10.3 Å². The van der Waals surface area contributed by atoms with Crippen LogP contribution < -0.4 is 5.43 Å². The van der Waals surface area contributed by atoms with Gasteiger partial charge in [-0.15, -0.1) is 4.91 Å². The third-order valence-electron chi connectivity index (χ3n) is 0.868. The molecule has 0 aromatic carbocycles. The molecule has 0 saturated heterocycles. The van der Waals surface area contributed by atoms with E-state index in [1.54, 1.807) is 13.8 Å². The quantitative estimate of drug-likeness (QED) is 0.334. The number of aliphatic hydroxyl groups excluding tert-OH is 1. The van der Waals surface area contributed by atoms with Gasteiger partial charge in [0.25, 0.3) is 0 Å². The van der Waals surface area contributed by atoms with Gasteiger partial charge in [0.05, 0.1) is 11.9 Å². The van der Waals surface area contributed by atoms with Gasteiger partial charge in [0, 0.05) is 5.41 Å². The number of hydrogen-bond acceptors (Lipinski definition) is 5. The number of amides is 1. The van der Waals surface area contributed by atoms with Gasteiger partial charge in [0.2, 0.25) is 0 Å². The van der Waals surface area contributed by atoms with Crippen LogP contribution in [0.1, 0.15) is 13.8 Å². The Morgan fingerprint density at radius 3 is 2.08 bits per heavy atom. The molecular formula is C6H12N2O5. The molecule has 0 aromatic rings. The highest BCUT2D eigenvalue weighted by Crippen LogP contribution is 2.06. The first kappa shape index (κ1) is 14.0. The minimum absolute atomic E-state index is 0.0729. The van der Waals surface area contributed by atoms with Gasteiger partial charge >= 0.3 is 6.09 Å². The number of carbonyl (C=O) groups excluding carboxylic acids is 1. The maximum absolute atomic E-state index is 9.90. The highest BCUT2D eigenvalue weighted by atomic mass is 16.4. The van der Waals surface area contributed by atoms with E-state index in [1.165, 1.54) is 5.43 Å². The van der Waals surface area contributed by atoms with E-state index in [4.69, 9.17) is 15.1 Å². The number of hydrogen-bond donors (Lipinski definition) is 3. The second-order valence-electron chi connectivity index (χ2n) is 2.77. The smallest absolute Gasteiger partial charge is 0.427 e. The van der Waals surface area contributed by atoms with Crippen molar-refractivity contribution in [3.63, 3.8) is 0 Å². The van der Waals surface area contributed by atoms with Gasteiger partial charge in [0.15, 0.2) is 0 Å². The molecule has 0 unspecified atom stereocenters. The van der Waals surface area contributed by atoms with Gasteiger partial charge in [0.1, 0.15) is 6.29 Å². The number of aliphatic hydroxyl groups is 1. The second-order valence-corrected chi connectivity index (χ2v) is 2.77. The summed E-state index contributed by atoms with van der Waals surface area (Å²) in [6, 6.07) is 0. The van der Waals surface area contributed by atoms with Crippen LogP contribution in [0.25, 0.3) is 0 Å². The normalized spacial score (nSPS) is 9.15. The van der Waals surface area contributed by atoms with Gasteiger partial charge < -0.3 is 15.0 Å². The molecular weight excluding hydrogens is 180 g/mol. The summed E-state index contributed by atoms with van der Waals surface area (Å²) in [6.07, 6.45) is -0.697. The summed E-state index contributed by atoms with van der Waals surface area (Å²) in [5.74, 6) is 0. The standard InChI is InChI=1S/C5H10O2.CH2N2O3/c1-5(2,3-6)4-7;4-1(5)2-3-6/h3,7H,4H2,1-2H3;(H,2,6)(H,4,5). The summed E-state index contributed by atoms with van der Waals surface area (Å²) in [7, 11) is 0. The van der Waals surface area contributed by atoms with Crippen molar-refractivity contribution < 1.29 is 19.8 Å². The molecule has 3 N–H and O–H groups in total. The first-order valence-corrected chi connectivity index (χ1v) is 3.28. The highest BCUT2D eigenvalue weighted by molar-refractivity contribution is 5.63. The third-order valence-corrected chi connectivity index (χ3v) is 0.868. The largest absolute Gasteiger partial charge is 0.464 e. The van der Waals surface area contributed by atoms with Crippen molar-refractivity contribution in [3.05, 3.63) is 4.91 Å². The monoisotopic (exact) mass is 192 g/mol. The molecule has 0 radical (unpaired) electrons. The van der Waals surface area contributed by atoms with Crippen LogP contribution in [0.5, 0.6) is 0 Å². The summed E-state index contributed by atoms with van der Waals surface area (Å²) in [5, 5.41) is 17.7. The second kappa shape index (κ2) is 7.17. The van der Waals surface area contributed by atoms with Crippen molar-refractivity contribution in [1.82, 2.24) is 5.43 Å². The third kappa shape index (κ3) is 13.5. The number of carboxylic acid groups (broad SMARTS) is 1. The lowest BCUT2D eigenvalue weighted by Crippen LogP contribution is -2.17. The molecule has 0 saturated carbocycles. The molecule has 0 heterocycles. The minimum atomic E-state index is -1.44. The molecule has 0 bridgehead atoms. The Bertz CT molecular complexity index is 180. The number of rotatable bonds is 3. The van der Waals surface area contributed by atoms with Crippen LogP contribution in [-0.4, -0.2) is 29.2 Å². The molecule has 0 atom stereocenters. The van der Waals surface area contributed by atoms with E-state index in [-0.39, 0.29) is 6.61 Å². The number of nitrogens with zero attached hydrogens (tertiary/aromatic N) is 1. The molecule has 0 spiro atoms. The van der Waals surface area contributed by atoms with Crippen LogP contribution >= 0.6 is 0 Å². The Kier molecular flexibility index (Phi) is 7.74. The zero-order valence-corrected chi connectivity index (χ0v) is 7.35. The lowest BCUT2D eigenvalue weighted by atomic mass is 9.98. The average molecular weight is 192 g/mol. The van der Waals surface area contributed by atoms with E-state index >= 15 is 0 Å². The zero-order valence-electron chi connectivity index (χ0n) is 7.35. The van der Waals surface area contributed by atoms with Crippen molar-refractivity contribution in [1.29, 1.82) is 0 Å². The average Bonchev–Trinajstić information content (AvgIpc) is 2.05. The van der Waals surface area contributed by atoms with Crippen LogP contribution in [0.2, 0.25) is 0 Å². The molecule has 7 heteroatoms. The summed E-state index contributed by atoms with van der Waals surface area (Å²) in [4.78, 5) is 28.0. The van der Waals surface area contributed by atoms with E-state index in [1.807, 2.05) is 5.29 Å². The van der Waals surface area contributed by atoms with Gasteiger partial charge in [-0.3, -0.25) is 0 Å². The number of aldehydes is 1. The fourth-order valence-corrected chi connectivity index (χ4v) is 0.0763. The van der Waals surface area contributed by atoms with Crippen molar-refractivity contribution in [2.75, 3.05) is 6.61 Å². The molecule has 1 amide bonds. The fraction of sp³-hybridized carbons (Fsp3) is 0.667. The Morgan fingerprint density at radius 1 is 1.62 bits per heavy atom. The van der Waals surface area contributed by atoms with Gasteiger partial charge in [-0.25, -0.2) is 4.79 Å². The molecule has 0 aliphatic carbocycles. The van der Waals surface area contributed by atoms with E-state index in [0.717, 1.165) is 6.29 Å². The first-order chi connectivity index (χ1) is 5.89. The van der Waals surface area contributed by atoms with Crippen molar-refractivity contribution in [3.8, 4) is 0 Å². The predicted octanol–water partition coefficient (Wildman–Crippen LogP) is 0.139. The predicted molar refractivity (Wildman–Crippen MR) is 43.9 cm³/mol. The Morgan fingerprint density at radius 2 is 2.08 bits per heavy atom. The number of nitrogens with one attached hydrogen (secondary N) is 1. The summed E-state index contributed by atoms with van der Waals surface area (Å²) in [6.45, 7) is 3.29. The van der Waals surface area contributed by atoms with Crippen LogP contribution in [0.3, 0.4) is 0 Å². The van der Waals surface area contributed by atoms with Crippen LogP contribution in [0.4, 0.5) is 4.79 Å². The fourth-order valence-electron chi connectivity index (χ4n) is 0.0763. The van der Waals surface area contributed by atoms with Crippen molar-refractivity contribution in [2.24, 2.45) is 10.7 Å². The number of nitroso groups, excluding NO2 is 1. The molecule has 0 aliphatic heterocycles. The molecule has 0 aliphatic rings. The van der Waals surface area contributed by atoms with Gasteiger partial charge in [-0.2, -0.15) is 5.43 Å². The maximum Gasteiger partial charge on any atom is 0.427 e. The van der Waals surface area contributed by atoms with E-state index in [2.05, 4.69) is 0 Å². The number of carbonyl (C=O) groups is 2. The molecule has 0 rings (SSSR count). The Balaban J connectivity index is 0. The molecule has 0 aromatic heterocycles. The summed E-state index contributed by atoms with van der Waals surface area (Å²) < 4.78 is 0. The molecule has 7 nitrogen and oxygen atoms in total. The Labute approximate surface area is 74.7 Å². The van der Waals surface area contributed by atoms with Gasteiger partial charge in [-0.05, 0) is 0 Å².